The molecule has 2 aromatic carbocycles. The molecule has 1 amide bonds. The number of carbonyl (C=O) groups is 1. The second-order valence-electron chi connectivity index (χ2n) is 7.00. The summed E-state index contributed by atoms with van der Waals surface area (Å²) < 4.78 is 4.91. The van der Waals surface area contributed by atoms with Gasteiger partial charge < -0.3 is 19.9 Å². The van der Waals surface area contributed by atoms with Gasteiger partial charge in [0.15, 0.2) is 0 Å². The van der Waals surface area contributed by atoms with E-state index in [9.17, 15) is 10.1 Å². The maximum Gasteiger partial charge on any atom is 0.262 e. The fourth-order valence-corrected chi connectivity index (χ4v) is 3.28. The Balaban J connectivity index is 1.77. The molecule has 0 atom stereocenters. The number of anilines is 1. The number of likely N-dealkylation sites (N-methyl/N-ethyl adjacent to an activating group) is 1. The number of nitrogens with zero attached hydrogens (tertiary/aromatic N) is 3. The summed E-state index contributed by atoms with van der Waals surface area (Å²) in [6.45, 7) is 5.01. The van der Waals surface area contributed by atoms with Crippen LogP contribution in [-0.2, 0) is 9.53 Å². The van der Waals surface area contributed by atoms with E-state index in [-0.39, 0.29) is 11.5 Å². The summed E-state index contributed by atoms with van der Waals surface area (Å²) in [5.74, 6) is -0.384. The van der Waals surface area contributed by atoms with Gasteiger partial charge in [0.05, 0.1) is 6.61 Å². The number of methoxy groups -OCH3 is 1. The van der Waals surface area contributed by atoms with Crippen LogP contribution >= 0.6 is 0 Å². The number of fused-ring (bicyclic) bond motifs is 1. The van der Waals surface area contributed by atoms with E-state index in [1.54, 1.807) is 13.2 Å². The smallest absolute Gasteiger partial charge is 0.262 e. The van der Waals surface area contributed by atoms with Crippen LogP contribution in [0.25, 0.3) is 16.8 Å². The summed E-state index contributed by atoms with van der Waals surface area (Å²) in [5, 5.41) is 14.2. The van der Waals surface area contributed by atoms with Gasteiger partial charge in [0.2, 0.25) is 0 Å². The van der Waals surface area contributed by atoms with Gasteiger partial charge in [0, 0.05) is 45.5 Å². The number of ether oxygens (including phenoxy) is 1. The number of hydrogen-bond acceptors (Lipinski definition) is 5. The number of hydrogen-bond donors (Lipinski definition) is 1. The van der Waals surface area contributed by atoms with Crippen LogP contribution in [0.4, 0.5) is 5.69 Å². The zero-order valence-electron chi connectivity index (χ0n) is 16.4. The molecule has 0 radical (unpaired) electrons. The molecule has 6 heteroatoms. The van der Waals surface area contributed by atoms with Crippen LogP contribution in [0.1, 0.15) is 5.56 Å². The summed E-state index contributed by atoms with van der Waals surface area (Å²) in [5.41, 5.74) is 2.15. The zero-order chi connectivity index (χ0) is 19.9. The molecule has 1 aliphatic heterocycles. The van der Waals surface area contributed by atoms with E-state index in [2.05, 4.69) is 40.4 Å². The standard InChI is InChI=1S/C22H26N4O2/c1-25-8-10-26(11-9-25)21-6-5-18-13-17(3-4-19(18)15-21)14-20(16-23)22(27)24-7-12-28-2/h3-6,13-15H,7-12H2,1-2H3,(H,24,27)/b20-14+. The van der Waals surface area contributed by atoms with Gasteiger partial charge in [-0.25, -0.2) is 0 Å². The minimum absolute atomic E-state index is 0.0875. The third-order valence-electron chi connectivity index (χ3n) is 4.98. The highest BCUT2D eigenvalue weighted by molar-refractivity contribution is 6.02. The zero-order valence-corrected chi connectivity index (χ0v) is 16.4. The Bertz CT molecular complexity index is 908. The maximum absolute atomic E-state index is 12.1. The average molecular weight is 378 g/mol. The Kier molecular flexibility index (Phi) is 6.64. The lowest BCUT2D eigenvalue weighted by molar-refractivity contribution is -0.117. The van der Waals surface area contributed by atoms with Gasteiger partial charge in [-0.15, -0.1) is 0 Å². The largest absolute Gasteiger partial charge is 0.383 e. The summed E-state index contributed by atoms with van der Waals surface area (Å²) in [6.07, 6.45) is 1.62. The van der Waals surface area contributed by atoms with Crippen LogP contribution < -0.4 is 10.2 Å². The second-order valence-corrected chi connectivity index (χ2v) is 7.00. The Morgan fingerprint density at radius 1 is 1.18 bits per heavy atom. The fraction of sp³-hybridized carbons (Fsp3) is 0.364. The monoisotopic (exact) mass is 378 g/mol. The van der Waals surface area contributed by atoms with Crippen LogP contribution in [0.2, 0.25) is 0 Å². The number of benzene rings is 2. The highest BCUT2D eigenvalue weighted by Crippen LogP contribution is 2.25. The lowest BCUT2D eigenvalue weighted by Crippen LogP contribution is -2.44. The third-order valence-corrected chi connectivity index (χ3v) is 4.98. The third kappa shape index (κ3) is 4.89. The lowest BCUT2D eigenvalue weighted by atomic mass is 10.0. The number of rotatable bonds is 6. The van der Waals surface area contributed by atoms with Crippen LogP contribution in [0.5, 0.6) is 0 Å². The van der Waals surface area contributed by atoms with Gasteiger partial charge in [0.25, 0.3) is 5.91 Å². The molecule has 0 aliphatic carbocycles. The number of carbonyl (C=O) groups excluding carboxylic acids is 1. The van der Waals surface area contributed by atoms with Gasteiger partial charge in [-0.05, 0) is 47.7 Å². The molecule has 3 rings (SSSR count). The van der Waals surface area contributed by atoms with Gasteiger partial charge in [-0.3, -0.25) is 4.79 Å². The van der Waals surface area contributed by atoms with Crippen molar-refractivity contribution in [2.45, 2.75) is 0 Å². The van der Waals surface area contributed by atoms with E-state index < -0.39 is 0 Å². The van der Waals surface area contributed by atoms with Crippen molar-refractivity contribution in [1.29, 1.82) is 5.26 Å². The van der Waals surface area contributed by atoms with E-state index in [4.69, 9.17) is 4.74 Å². The second kappa shape index (κ2) is 9.36. The van der Waals surface area contributed by atoms with Crippen molar-refractivity contribution >= 4 is 28.4 Å². The molecule has 1 fully saturated rings. The quantitative estimate of drug-likeness (QED) is 0.474. The molecule has 1 aliphatic rings. The normalized spacial score (nSPS) is 15.5. The first-order valence-electron chi connectivity index (χ1n) is 9.47. The topological polar surface area (TPSA) is 68.6 Å². The molecule has 0 unspecified atom stereocenters. The molecule has 0 aromatic heterocycles. The van der Waals surface area contributed by atoms with Crippen LogP contribution in [-0.4, -0.2) is 64.3 Å². The molecule has 1 saturated heterocycles. The molecule has 0 bridgehead atoms. The Morgan fingerprint density at radius 3 is 2.61 bits per heavy atom. The molecule has 6 nitrogen and oxygen atoms in total. The number of piperazine rings is 1. The number of nitriles is 1. The Morgan fingerprint density at radius 2 is 1.89 bits per heavy atom. The van der Waals surface area contributed by atoms with Crippen molar-refractivity contribution < 1.29 is 9.53 Å². The van der Waals surface area contributed by atoms with Crippen molar-refractivity contribution in [2.24, 2.45) is 0 Å². The van der Waals surface area contributed by atoms with E-state index in [0.717, 1.165) is 42.5 Å². The first kappa shape index (κ1) is 19.9. The van der Waals surface area contributed by atoms with E-state index in [1.165, 1.54) is 5.69 Å². The SMILES string of the molecule is COCCNC(=O)/C(C#N)=C/c1ccc2cc(N3CCN(C)CC3)ccc2c1. The first-order chi connectivity index (χ1) is 13.6. The van der Waals surface area contributed by atoms with Crippen LogP contribution in [0.15, 0.2) is 42.0 Å². The molecule has 0 spiro atoms. The molecule has 2 aromatic rings. The molecule has 0 saturated carbocycles. The minimum Gasteiger partial charge on any atom is -0.383 e. The molecular weight excluding hydrogens is 352 g/mol. The number of nitrogens with one attached hydrogen (secondary N) is 1. The van der Waals surface area contributed by atoms with Crippen LogP contribution in [0, 0.1) is 11.3 Å². The van der Waals surface area contributed by atoms with E-state index in [0.29, 0.717) is 13.2 Å². The van der Waals surface area contributed by atoms with Crippen molar-refractivity contribution in [1.82, 2.24) is 10.2 Å². The van der Waals surface area contributed by atoms with Crippen molar-refractivity contribution in [2.75, 3.05) is 58.4 Å². The van der Waals surface area contributed by atoms with Crippen molar-refractivity contribution in [3.05, 3.63) is 47.5 Å². The average Bonchev–Trinajstić information content (AvgIpc) is 2.72. The summed E-state index contributed by atoms with van der Waals surface area (Å²) in [4.78, 5) is 16.8. The lowest BCUT2D eigenvalue weighted by Gasteiger charge is -2.34. The van der Waals surface area contributed by atoms with Gasteiger partial charge in [-0.2, -0.15) is 5.26 Å². The summed E-state index contributed by atoms with van der Waals surface area (Å²) in [7, 11) is 3.72. The molecule has 1 heterocycles. The predicted octanol–water partition coefficient (Wildman–Crippen LogP) is 2.26. The minimum atomic E-state index is -0.384. The van der Waals surface area contributed by atoms with Gasteiger partial charge in [0.1, 0.15) is 11.6 Å². The van der Waals surface area contributed by atoms with E-state index >= 15 is 0 Å². The van der Waals surface area contributed by atoms with Crippen molar-refractivity contribution in [3.8, 4) is 6.07 Å². The number of amides is 1. The molecule has 28 heavy (non-hydrogen) atoms. The highest BCUT2D eigenvalue weighted by atomic mass is 16.5. The summed E-state index contributed by atoms with van der Waals surface area (Å²) >= 11 is 0. The predicted molar refractivity (Wildman–Crippen MR) is 112 cm³/mol. The maximum atomic E-state index is 12.1. The fourth-order valence-electron chi connectivity index (χ4n) is 3.28. The highest BCUT2D eigenvalue weighted by Gasteiger charge is 2.14. The van der Waals surface area contributed by atoms with Crippen molar-refractivity contribution in [3.63, 3.8) is 0 Å². The van der Waals surface area contributed by atoms with E-state index in [1.807, 2.05) is 24.3 Å². The van der Waals surface area contributed by atoms with Gasteiger partial charge in [-0.1, -0.05) is 18.2 Å². The molecule has 146 valence electrons. The summed E-state index contributed by atoms with van der Waals surface area (Å²) in [6, 6.07) is 14.4. The molecular formula is C22H26N4O2. The first-order valence-corrected chi connectivity index (χ1v) is 9.47. The molecule has 1 N–H and O–H groups in total. The Hall–Kier alpha value is -2.88. The van der Waals surface area contributed by atoms with Crippen LogP contribution in [0.3, 0.4) is 0 Å². The Labute approximate surface area is 166 Å². The van der Waals surface area contributed by atoms with Gasteiger partial charge >= 0.3 is 0 Å².